The van der Waals surface area contributed by atoms with Gasteiger partial charge in [-0.2, -0.15) is 4.99 Å². The standard InChI is InChI=1S/C16H14ClNO/c1-12-4-2-5-13(8-12)9-16(18-11-19)14-6-3-7-15(17)10-14/h2-8,10,16H,9H2,1H3. The molecule has 1 unspecified atom stereocenters. The van der Waals surface area contributed by atoms with E-state index in [0.717, 1.165) is 11.1 Å². The molecule has 0 saturated carbocycles. The molecule has 0 aliphatic rings. The summed E-state index contributed by atoms with van der Waals surface area (Å²) in [7, 11) is 0. The molecule has 2 rings (SSSR count). The van der Waals surface area contributed by atoms with E-state index in [0.29, 0.717) is 11.4 Å². The van der Waals surface area contributed by atoms with Crippen LogP contribution in [0.15, 0.2) is 53.5 Å². The van der Waals surface area contributed by atoms with Gasteiger partial charge in [-0.1, -0.05) is 53.6 Å². The Kier molecular flexibility index (Phi) is 4.51. The summed E-state index contributed by atoms with van der Waals surface area (Å²) in [6, 6.07) is 15.4. The van der Waals surface area contributed by atoms with E-state index in [1.165, 1.54) is 5.56 Å². The summed E-state index contributed by atoms with van der Waals surface area (Å²) in [5.74, 6) is 0. The van der Waals surface area contributed by atoms with E-state index in [4.69, 9.17) is 11.6 Å². The van der Waals surface area contributed by atoms with Gasteiger partial charge < -0.3 is 0 Å². The van der Waals surface area contributed by atoms with Crippen LogP contribution in [0.5, 0.6) is 0 Å². The van der Waals surface area contributed by atoms with Gasteiger partial charge in [0.15, 0.2) is 0 Å². The minimum atomic E-state index is -0.238. The highest BCUT2D eigenvalue weighted by Gasteiger charge is 2.11. The van der Waals surface area contributed by atoms with Gasteiger partial charge in [-0.05, 0) is 36.6 Å². The van der Waals surface area contributed by atoms with Crippen molar-refractivity contribution in [2.45, 2.75) is 19.4 Å². The lowest BCUT2D eigenvalue weighted by Gasteiger charge is -2.12. The highest BCUT2D eigenvalue weighted by atomic mass is 35.5. The number of nitrogens with zero attached hydrogens (tertiary/aromatic N) is 1. The normalized spacial score (nSPS) is 11.7. The zero-order valence-corrected chi connectivity index (χ0v) is 11.4. The molecule has 0 N–H and O–H groups in total. The average Bonchev–Trinajstić information content (AvgIpc) is 2.38. The smallest absolute Gasteiger partial charge is 0.211 e. The molecule has 0 heterocycles. The third kappa shape index (κ3) is 3.78. The first-order valence-electron chi connectivity index (χ1n) is 6.07. The molecule has 0 bridgehead atoms. The van der Waals surface area contributed by atoms with Gasteiger partial charge in [0, 0.05) is 5.02 Å². The molecule has 3 heteroatoms. The predicted molar refractivity (Wildman–Crippen MR) is 77.2 cm³/mol. The number of aryl methyl sites for hydroxylation is 1. The first kappa shape index (κ1) is 13.5. The summed E-state index contributed by atoms with van der Waals surface area (Å²) in [6.45, 7) is 2.04. The minimum absolute atomic E-state index is 0.238. The highest BCUT2D eigenvalue weighted by Crippen LogP contribution is 2.24. The molecule has 2 aromatic rings. The van der Waals surface area contributed by atoms with Crippen LogP contribution in [-0.4, -0.2) is 6.08 Å². The van der Waals surface area contributed by atoms with Gasteiger partial charge in [-0.25, -0.2) is 4.79 Å². The first-order chi connectivity index (χ1) is 9.19. The molecule has 96 valence electrons. The van der Waals surface area contributed by atoms with Gasteiger partial charge in [0.2, 0.25) is 6.08 Å². The summed E-state index contributed by atoms with van der Waals surface area (Å²) in [6.07, 6.45) is 2.32. The molecule has 0 aliphatic heterocycles. The second-order valence-electron chi connectivity index (χ2n) is 4.48. The van der Waals surface area contributed by atoms with Crippen molar-refractivity contribution in [3.05, 3.63) is 70.2 Å². The van der Waals surface area contributed by atoms with Crippen LogP contribution in [0.3, 0.4) is 0 Å². The van der Waals surface area contributed by atoms with E-state index < -0.39 is 0 Å². The third-order valence-corrected chi connectivity index (χ3v) is 3.19. The van der Waals surface area contributed by atoms with Crippen LogP contribution in [0.4, 0.5) is 0 Å². The lowest BCUT2D eigenvalue weighted by Crippen LogP contribution is -2.00. The molecule has 2 aromatic carbocycles. The fourth-order valence-electron chi connectivity index (χ4n) is 2.08. The van der Waals surface area contributed by atoms with Gasteiger partial charge in [0.25, 0.3) is 0 Å². The number of aliphatic imine (C=N–C) groups is 1. The molecule has 0 aromatic heterocycles. The first-order valence-corrected chi connectivity index (χ1v) is 6.45. The fraction of sp³-hybridized carbons (Fsp3) is 0.188. The Morgan fingerprint density at radius 2 is 2.00 bits per heavy atom. The molecule has 0 fully saturated rings. The van der Waals surface area contributed by atoms with Gasteiger partial charge in [-0.15, -0.1) is 0 Å². The van der Waals surface area contributed by atoms with Crippen LogP contribution >= 0.6 is 11.6 Å². The van der Waals surface area contributed by atoms with Crippen molar-refractivity contribution < 1.29 is 4.79 Å². The lowest BCUT2D eigenvalue weighted by molar-refractivity contribution is 0.557. The SMILES string of the molecule is Cc1cccc(CC(N=C=O)c2cccc(Cl)c2)c1. The van der Waals surface area contributed by atoms with Crippen molar-refractivity contribution in [1.82, 2.24) is 0 Å². The third-order valence-electron chi connectivity index (χ3n) is 2.95. The maximum atomic E-state index is 10.6. The number of hydrogen-bond donors (Lipinski definition) is 0. The Hall–Kier alpha value is -1.89. The number of halogens is 1. The zero-order chi connectivity index (χ0) is 13.7. The van der Waals surface area contributed by atoms with E-state index in [1.54, 1.807) is 12.1 Å². The number of hydrogen-bond acceptors (Lipinski definition) is 2. The summed E-state index contributed by atoms with van der Waals surface area (Å²) in [5, 5.41) is 0.646. The maximum absolute atomic E-state index is 10.6. The minimum Gasteiger partial charge on any atom is -0.211 e. The molecule has 2 nitrogen and oxygen atoms in total. The van der Waals surface area contributed by atoms with Gasteiger partial charge in [0.1, 0.15) is 0 Å². The van der Waals surface area contributed by atoms with Crippen molar-refractivity contribution in [2.75, 3.05) is 0 Å². The van der Waals surface area contributed by atoms with E-state index >= 15 is 0 Å². The molecule has 0 spiro atoms. The second kappa shape index (κ2) is 6.33. The van der Waals surface area contributed by atoms with Crippen molar-refractivity contribution >= 4 is 17.7 Å². The number of benzene rings is 2. The Morgan fingerprint density at radius 1 is 1.21 bits per heavy atom. The Labute approximate surface area is 117 Å². The summed E-state index contributed by atoms with van der Waals surface area (Å²) < 4.78 is 0. The van der Waals surface area contributed by atoms with E-state index in [9.17, 15) is 4.79 Å². The molecule has 0 saturated heterocycles. The quantitative estimate of drug-likeness (QED) is 0.603. The highest BCUT2D eigenvalue weighted by molar-refractivity contribution is 6.30. The topological polar surface area (TPSA) is 29.4 Å². The monoisotopic (exact) mass is 271 g/mol. The van der Waals surface area contributed by atoms with Crippen molar-refractivity contribution in [1.29, 1.82) is 0 Å². The van der Waals surface area contributed by atoms with Gasteiger partial charge >= 0.3 is 0 Å². The van der Waals surface area contributed by atoms with Crippen LogP contribution in [0.2, 0.25) is 5.02 Å². The summed E-state index contributed by atoms with van der Waals surface area (Å²) in [5.41, 5.74) is 3.26. The van der Waals surface area contributed by atoms with Crippen molar-refractivity contribution in [3.63, 3.8) is 0 Å². The van der Waals surface area contributed by atoms with Gasteiger partial charge in [0.05, 0.1) is 6.04 Å². The largest absolute Gasteiger partial charge is 0.235 e. The average molecular weight is 272 g/mol. The molecular formula is C16H14ClNO. The maximum Gasteiger partial charge on any atom is 0.235 e. The number of rotatable bonds is 4. The fourth-order valence-corrected chi connectivity index (χ4v) is 2.28. The molecule has 0 amide bonds. The summed E-state index contributed by atoms with van der Waals surface area (Å²) in [4.78, 5) is 14.5. The van der Waals surface area contributed by atoms with E-state index in [1.807, 2.05) is 43.3 Å². The Balaban J connectivity index is 2.28. The van der Waals surface area contributed by atoms with Crippen LogP contribution in [0.25, 0.3) is 0 Å². The van der Waals surface area contributed by atoms with Crippen molar-refractivity contribution in [2.24, 2.45) is 4.99 Å². The van der Waals surface area contributed by atoms with E-state index in [-0.39, 0.29) is 6.04 Å². The zero-order valence-electron chi connectivity index (χ0n) is 10.6. The van der Waals surface area contributed by atoms with Crippen LogP contribution in [-0.2, 0) is 11.2 Å². The van der Waals surface area contributed by atoms with Crippen LogP contribution in [0, 0.1) is 6.92 Å². The lowest BCUT2D eigenvalue weighted by atomic mass is 9.98. The number of isocyanates is 1. The van der Waals surface area contributed by atoms with Crippen LogP contribution < -0.4 is 0 Å². The predicted octanol–water partition coefficient (Wildman–Crippen LogP) is 4.27. The summed E-state index contributed by atoms with van der Waals surface area (Å²) >= 11 is 5.98. The molecule has 0 aliphatic carbocycles. The second-order valence-corrected chi connectivity index (χ2v) is 4.92. The molecular weight excluding hydrogens is 258 g/mol. The van der Waals surface area contributed by atoms with E-state index in [2.05, 4.69) is 11.1 Å². The Morgan fingerprint density at radius 3 is 2.68 bits per heavy atom. The van der Waals surface area contributed by atoms with Crippen molar-refractivity contribution in [3.8, 4) is 0 Å². The van der Waals surface area contributed by atoms with Crippen LogP contribution in [0.1, 0.15) is 22.7 Å². The molecule has 1 atom stereocenters. The van der Waals surface area contributed by atoms with Gasteiger partial charge in [-0.3, -0.25) is 0 Å². The molecule has 19 heavy (non-hydrogen) atoms. The Bertz CT molecular complexity index is 618. The number of carbonyl (C=O) groups excluding carboxylic acids is 1. The molecule has 0 radical (unpaired) electrons.